The van der Waals surface area contributed by atoms with Gasteiger partial charge in [0, 0.05) is 22.2 Å². The third kappa shape index (κ3) is 4.14. The van der Waals surface area contributed by atoms with Crippen LogP contribution in [-0.4, -0.2) is 18.5 Å². The highest BCUT2D eigenvalue weighted by atomic mass is 35.5. The molecule has 2 nitrogen and oxygen atoms in total. The van der Waals surface area contributed by atoms with Gasteiger partial charge in [0.2, 0.25) is 0 Å². The van der Waals surface area contributed by atoms with Gasteiger partial charge in [-0.3, -0.25) is 4.79 Å². The smallest absolute Gasteiger partial charge is 0.168 e. The summed E-state index contributed by atoms with van der Waals surface area (Å²) in [7, 11) is 0. The number of ketones is 1. The molecular formula is C19H18Cl2O2. The van der Waals surface area contributed by atoms with Crippen molar-refractivity contribution >= 4 is 29.0 Å². The molecule has 0 aliphatic carbocycles. The Labute approximate surface area is 146 Å². The molecule has 4 heteroatoms. The highest BCUT2D eigenvalue weighted by Gasteiger charge is 2.32. The van der Waals surface area contributed by atoms with Gasteiger partial charge < -0.3 is 4.74 Å². The zero-order valence-corrected chi connectivity index (χ0v) is 14.2. The number of Topliss-reactive ketones (excluding diaryl/α,β-unsaturated/α-hetero) is 1. The fraction of sp³-hybridized carbons (Fsp3) is 0.316. The number of rotatable bonds is 5. The van der Waals surface area contributed by atoms with Gasteiger partial charge in [-0.1, -0.05) is 47.5 Å². The summed E-state index contributed by atoms with van der Waals surface area (Å²) in [6.07, 6.45) is 2.54. The predicted molar refractivity (Wildman–Crippen MR) is 93.4 cm³/mol. The summed E-state index contributed by atoms with van der Waals surface area (Å²) < 4.78 is 5.80. The molecule has 3 rings (SSSR count). The first-order valence-electron chi connectivity index (χ1n) is 7.79. The Bertz CT molecular complexity index is 676. The molecule has 0 saturated carbocycles. The second-order valence-corrected chi connectivity index (χ2v) is 6.74. The number of benzene rings is 2. The lowest BCUT2D eigenvalue weighted by atomic mass is 9.86. The van der Waals surface area contributed by atoms with Gasteiger partial charge in [-0.25, -0.2) is 0 Å². The van der Waals surface area contributed by atoms with Gasteiger partial charge >= 0.3 is 0 Å². The molecule has 1 saturated heterocycles. The molecule has 120 valence electrons. The molecule has 2 atom stereocenters. The van der Waals surface area contributed by atoms with Crippen LogP contribution in [0.15, 0.2) is 48.5 Å². The van der Waals surface area contributed by atoms with Gasteiger partial charge in [-0.05, 0) is 49.1 Å². The van der Waals surface area contributed by atoms with Gasteiger partial charge in [0.25, 0.3) is 0 Å². The Balaban J connectivity index is 1.85. The summed E-state index contributed by atoms with van der Waals surface area (Å²) in [5.74, 6) is -0.105. The zero-order chi connectivity index (χ0) is 16.2. The first kappa shape index (κ1) is 16.5. The van der Waals surface area contributed by atoms with Crippen molar-refractivity contribution in [3.05, 3.63) is 69.7 Å². The molecular weight excluding hydrogens is 331 g/mol. The minimum Gasteiger partial charge on any atom is -0.377 e. The van der Waals surface area contributed by atoms with Crippen LogP contribution >= 0.6 is 23.2 Å². The van der Waals surface area contributed by atoms with E-state index < -0.39 is 0 Å². The normalized spacial score (nSPS) is 18.8. The monoisotopic (exact) mass is 348 g/mol. The third-order valence-electron chi connectivity index (χ3n) is 4.23. The van der Waals surface area contributed by atoms with Crippen LogP contribution in [0.2, 0.25) is 10.0 Å². The van der Waals surface area contributed by atoms with Crippen molar-refractivity contribution in [2.24, 2.45) is 5.92 Å². The Morgan fingerprint density at radius 1 is 1.13 bits per heavy atom. The maximum absolute atomic E-state index is 13.0. The summed E-state index contributed by atoms with van der Waals surface area (Å²) >= 11 is 12.0. The Hall–Kier alpha value is -1.35. The number of hydrogen-bond acceptors (Lipinski definition) is 2. The molecule has 0 amide bonds. The van der Waals surface area contributed by atoms with Crippen molar-refractivity contribution in [1.82, 2.24) is 0 Å². The van der Waals surface area contributed by atoms with E-state index in [2.05, 4.69) is 0 Å². The number of halogens is 2. The average molecular weight is 349 g/mol. The molecule has 2 unspecified atom stereocenters. The van der Waals surface area contributed by atoms with E-state index in [1.807, 2.05) is 36.4 Å². The van der Waals surface area contributed by atoms with Gasteiger partial charge in [0.05, 0.1) is 12.0 Å². The molecule has 2 aromatic rings. The van der Waals surface area contributed by atoms with Crippen molar-refractivity contribution in [3.8, 4) is 0 Å². The molecule has 23 heavy (non-hydrogen) atoms. The van der Waals surface area contributed by atoms with Crippen molar-refractivity contribution in [2.45, 2.75) is 25.4 Å². The van der Waals surface area contributed by atoms with Crippen LogP contribution < -0.4 is 0 Å². The van der Waals surface area contributed by atoms with Gasteiger partial charge in [0.15, 0.2) is 5.78 Å². The lowest BCUT2D eigenvalue weighted by molar-refractivity contribution is 0.0509. The van der Waals surface area contributed by atoms with E-state index in [-0.39, 0.29) is 17.8 Å². The molecule has 0 aromatic heterocycles. The van der Waals surface area contributed by atoms with Gasteiger partial charge in [-0.2, -0.15) is 0 Å². The van der Waals surface area contributed by atoms with E-state index in [0.717, 1.165) is 25.0 Å². The van der Waals surface area contributed by atoms with Gasteiger partial charge in [0.1, 0.15) is 0 Å². The minimum atomic E-state index is -0.197. The lowest BCUT2D eigenvalue weighted by Crippen LogP contribution is -2.30. The summed E-state index contributed by atoms with van der Waals surface area (Å²) in [5.41, 5.74) is 1.73. The Morgan fingerprint density at radius 3 is 2.57 bits per heavy atom. The predicted octanol–water partition coefficient (Wildman–Crippen LogP) is 5.21. The van der Waals surface area contributed by atoms with E-state index in [1.54, 1.807) is 12.1 Å². The first-order chi connectivity index (χ1) is 11.1. The molecule has 1 aliphatic heterocycles. The minimum absolute atomic E-state index is 0.0304. The van der Waals surface area contributed by atoms with Crippen LogP contribution in [0.25, 0.3) is 0 Å². The molecule has 0 N–H and O–H groups in total. The summed E-state index contributed by atoms with van der Waals surface area (Å²) in [6.45, 7) is 0.727. The van der Waals surface area contributed by atoms with Crippen molar-refractivity contribution < 1.29 is 9.53 Å². The van der Waals surface area contributed by atoms with Crippen molar-refractivity contribution in [3.63, 3.8) is 0 Å². The van der Waals surface area contributed by atoms with Crippen LogP contribution in [0.4, 0.5) is 0 Å². The lowest BCUT2D eigenvalue weighted by Gasteiger charge is -2.22. The van der Waals surface area contributed by atoms with Crippen LogP contribution in [0, 0.1) is 5.92 Å². The number of carbonyl (C=O) groups excluding carboxylic acids is 1. The fourth-order valence-electron chi connectivity index (χ4n) is 3.04. The second kappa shape index (κ2) is 7.48. The fourth-order valence-corrected chi connectivity index (χ4v) is 3.36. The summed E-state index contributed by atoms with van der Waals surface area (Å²) in [6, 6.07) is 14.8. The van der Waals surface area contributed by atoms with Crippen LogP contribution in [0.5, 0.6) is 0 Å². The molecule has 2 aromatic carbocycles. The zero-order valence-electron chi connectivity index (χ0n) is 12.7. The maximum Gasteiger partial charge on any atom is 0.168 e. The SMILES string of the molecule is O=C(c1cccc(Cl)c1)C(Cc1ccc(Cl)cc1)C1CCCO1. The van der Waals surface area contributed by atoms with E-state index in [0.29, 0.717) is 22.0 Å². The van der Waals surface area contributed by atoms with Crippen LogP contribution in [0.1, 0.15) is 28.8 Å². The molecule has 0 spiro atoms. The van der Waals surface area contributed by atoms with Crippen LogP contribution in [0.3, 0.4) is 0 Å². The standard InChI is InChI=1S/C19H18Cl2O2/c20-15-8-6-13(7-9-15)11-17(18-5-2-10-23-18)19(22)14-3-1-4-16(21)12-14/h1,3-4,6-9,12,17-18H,2,5,10-11H2. The van der Waals surface area contributed by atoms with E-state index in [4.69, 9.17) is 27.9 Å². The second-order valence-electron chi connectivity index (χ2n) is 5.86. The molecule has 1 heterocycles. The molecule has 0 bridgehead atoms. The van der Waals surface area contributed by atoms with E-state index in [9.17, 15) is 4.79 Å². The largest absolute Gasteiger partial charge is 0.377 e. The number of hydrogen-bond donors (Lipinski definition) is 0. The van der Waals surface area contributed by atoms with Crippen molar-refractivity contribution in [1.29, 1.82) is 0 Å². The molecule has 1 aliphatic rings. The van der Waals surface area contributed by atoms with E-state index in [1.165, 1.54) is 0 Å². The Morgan fingerprint density at radius 2 is 1.91 bits per heavy atom. The topological polar surface area (TPSA) is 26.3 Å². The number of carbonyl (C=O) groups is 1. The highest BCUT2D eigenvalue weighted by molar-refractivity contribution is 6.31. The highest BCUT2D eigenvalue weighted by Crippen LogP contribution is 2.28. The Kier molecular flexibility index (Phi) is 5.37. The quantitative estimate of drug-likeness (QED) is 0.693. The number of ether oxygens (including phenoxy) is 1. The average Bonchev–Trinajstić information content (AvgIpc) is 3.08. The van der Waals surface area contributed by atoms with Crippen molar-refractivity contribution in [2.75, 3.05) is 6.61 Å². The van der Waals surface area contributed by atoms with Crippen LogP contribution in [-0.2, 0) is 11.2 Å². The van der Waals surface area contributed by atoms with E-state index >= 15 is 0 Å². The van der Waals surface area contributed by atoms with Gasteiger partial charge in [-0.15, -0.1) is 0 Å². The summed E-state index contributed by atoms with van der Waals surface area (Å²) in [5, 5.41) is 1.28. The molecule has 0 radical (unpaired) electrons. The third-order valence-corrected chi connectivity index (χ3v) is 4.72. The maximum atomic E-state index is 13.0. The molecule has 1 fully saturated rings. The summed E-state index contributed by atoms with van der Waals surface area (Å²) in [4.78, 5) is 13.0. The first-order valence-corrected chi connectivity index (χ1v) is 8.55.